The summed E-state index contributed by atoms with van der Waals surface area (Å²) in [4.78, 5) is 53.5. The standard InChI is InChI=1S/C28H32O8/c1-7-9-11-13-16(29)18-20-21(28(6)22(31)15(3)24(33)36-28)19(17(30)14-12-10-8-2)26(4,23(18)32)25(34)27(20,5)35/h7-14,19-21,29,31,35H,1-6H3/b9-7+,10-8+,13-11+,14-12+,18-16+/t19-,20-,21-,26-,27?,28+/m1/s1. The summed E-state index contributed by atoms with van der Waals surface area (Å²) in [5.41, 5.74) is -6.53. The van der Waals surface area contributed by atoms with E-state index in [4.69, 9.17) is 4.74 Å². The van der Waals surface area contributed by atoms with Crippen molar-refractivity contribution in [2.45, 2.75) is 52.7 Å². The molecule has 0 aromatic heterocycles. The predicted octanol–water partition coefficient (Wildman–Crippen LogP) is 3.55. The highest BCUT2D eigenvalue weighted by molar-refractivity contribution is 6.24. The first-order valence-corrected chi connectivity index (χ1v) is 11.7. The maximum Gasteiger partial charge on any atom is 0.338 e. The maximum absolute atomic E-state index is 13.8. The molecule has 1 aliphatic heterocycles. The van der Waals surface area contributed by atoms with Crippen LogP contribution >= 0.6 is 0 Å². The second kappa shape index (κ2) is 9.17. The van der Waals surface area contributed by atoms with Gasteiger partial charge in [0.25, 0.3) is 0 Å². The molecule has 192 valence electrons. The largest absolute Gasteiger partial charge is 0.508 e. The Balaban J connectivity index is 2.41. The number of ketones is 3. The van der Waals surface area contributed by atoms with E-state index in [0.717, 1.165) is 0 Å². The number of fused-ring (bicyclic) bond motifs is 3. The lowest BCUT2D eigenvalue weighted by atomic mass is 9.40. The lowest BCUT2D eigenvalue weighted by Gasteiger charge is -2.60. The van der Waals surface area contributed by atoms with E-state index in [9.17, 15) is 34.5 Å². The molecule has 3 fully saturated rings. The Morgan fingerprint density at radius 1 is 0.972 bits per heavy atom. The molecule has 6 atom stereocenters. The lowest BCUT2D eigenvalue weighted by Crippen LogP contribution is -2.75. The number of carbonyl (C=O) groups is 4. The maximum atomic E-state index is 13.8. The molecular weight excluding hydrogens is 464 g/mol. The number of cyclic esters (lactones) is 1. The molecular formula is C28H32O8. The van der Waals surface area contributed by atoms with Crippen LogP contribution in [-0.2, 0) is 23.9 Å². The van der Waals surface area contributed by atoms with Gasteiger partial charge >= 0.3 is 5.97 Å². The molecule has 0 aromatic carbocycles. The Hall–Kier alpha value is -3.52. The Morgan fingerprint density at radius 3 is 2.03 bits per heavy atom. The van der Waals surface area contributed by atoms with Crippen LogP contribution in [0.4, 0.5) is 0 Å². The number of aliphatic hydroxyl groups is 3. The molecule has 3 aliphatic carbocycles. The summed E-state index contributed by atoms with van der Waals surface area (Å²) in [5, 5.41) is 33.5. The van der Waals surface area contributed by atoms with Crippen molar-refractivity contribution in [3.05, 3.63) is 71.3 Å². The van der Waals surface area contributed by atoms with Crippen LogP contribution in [0, 0.1) is 23.2 Å². The molecule has 1 heterocycles. The van der Waals surface area contributed by atoms with Gasteiger partial charge in [0.2, 0.25) is 0 Å². The molecule has 0 radical (unpaired) electrons. The monoisotopic (exact) mass is 496 g/mol. The minimum atomic E-state index is -2.22. The minimum Gasteiger partial charge on any atom is -0.508 e. The van der Waals surface area contributed by atoms with Crippen LogP contribution in [0.3, 0.4) is 0 Å². The average molecular weight is 497 g/mol. The number of esters is 1. The second-order valence-electron chi connectivity index (χ2n) is 9.93. The zero-order chi connectivity index (χ0) is 27.2. The summed E-state index contributed by atoms with van der Waals surface area (Å²) in [6.07, 6.45) is 12.0. The molecule has 1 unspecified atom stereocenters. The lowest BCUT2D eigenvalue weighted by molar-refractivity contribution is -0.203. The summed E-state index contributed by atoms with van der Waals surface area (Å²) >= 11 is 0. The first-order chi connectivity index (χ1) is 16.7. The molecule has 36 heavy (non-hydrogen) atoms. The first kappa shape index (κ1) is 27.1. The van der Waals surface area contributed by atoms with Crippen molar-refractivity contribution in [1.82, 2.24) is 0 Å². The number of ether oxygens (including phenoxy) is 1. The zero-order valence-corrected chi connectivity index (χ0v) is 21.2. The van der Waals surface area contributed by atoms with Gasteiger partial charge in [-0.25, -0.2) is 4.79 Å². The number of hydrogen-bond donors (Lipinski definition) is 3. The predicted molar refractivity (Wildman–Crippen MR) is 132 cm³/mol. The Kier molecular flexibility index (Phi) is 6.89. The van der Waals surface area contributed by atoms with Gasteiger partial charge in [0.1, 0.15) is 22.5 Å². The fraction of sp³-hybridized carbons (Fsp3) is 0.429. The van der Waals surface area contributed by atoms with Gasteiger partial charge in [-0.05, 0) is 53.7 Å². The summed E-state index contributed by atoms with van der Waals surface area (Å²) in [7, 11) is 0. The molecule has 2 bridgehead atoms. The highest BCUT2D eigenvalue weighted by Gasteiger charge is 2.77. The molecule has 4 aliphatic rings. The van der Waals surface area contributed by atoms with E-state index in [2.05, 4.69) is 0 Å². The van der Waals surface area contributed by atoms with Gasteiger partial charge in [0.05, 0.1) is 5.57 Å². The molecule has 3 saturated carbocycles. The number of carbonyl (C=O) groups excluding carboxylic acids is 4. The Bertz CT molecular complexity index is 1210. The first-order valence-electron chi connectivity index (χ1n) is 11.7. The highest BCUT2D eigenvalue weighted by atomic mass is 16.6. The molecule has 8 heteroatoms. The zero-order valence-electron chi connectivity index (χ0n) is 21.2. The van der Waals surface area contributed by atoms with Crippen LogP contribution in [0.2, 0.25) is 0 Å². The molecule has 0 amide bonds. The van der Waals surface area contributed by atoms with E-state index in [1.54, 1.807) is 38.2 Å². The molecule has 0 aromatic rings. The van der Waals surface area contributed by atoms with Gasteiger partial charge in [0.15, 0.2) is 23.0 Å². The van der Waals surface area contributed by atoms with E-state index in [1.807, 2.05) is 0 Å². The van der Waals surface area contributed by atoms with Gasteiger partial charge in [-0.2, -0.15) is 0 Å². The van der Waals surface area contributed by atoms with Crippen molar-refractivity contribution < 1.29 is 39.2 Å². The molecule has 0 saturated heterocycles. The summed E-state index contributed by atoms with van der Waals surface area (Å²) < 4.78 is 5.59. The van der Waals surface area contributed by atoms with Gasteiger partial charge in [0, 0.05) is 23.3 Å². The van der Waals surface area contributed by atoms with Crippen molar-refractivity contribution in [1.29, 1.82) is 0 Å². The number of hydrogen-bond acceptors (Lipinski definition) is 8. The van der Waals surface area contributed by atoms with Gasteiger partial charge in [-0.15, -0.1) is 0 Å². The van der Waals surface area contributed by atoms with Crippen LogP contribution < -0.4 is 0 Å². The third kappa shape index (κ3) is 3.63. The van der Waals surface area contributed by atoms with E-state index < -0.39 is 69.2 Å². The van der Waals surface area contributed by atoms with Gasteiger partial charge in [-0.1, -0.05) is 36.5 Å². The summed E-state index contributed by atoms with van der Waals surface area (Å²) in [6, 6.07) is 0. The van der Waals surface area contributed by atoms with Crippen LogP contribution in [0.25, 0.3) is 0 Å². The van der Waals surface area contributed by atoms with Crippen LogP contribution in [0.1, 0.15) is 41.5 Å². The summed E-state index contributed by atoms with van der Waals surface area (Å²) in [6.45, 7) is 8.72. The third-order valence-electron chi connectivity index (χ3n) is 7.68. The number of Topliss-reactive ketones (excluding diaryl/α,β-unsaturated/α-hetero) is 2. The highest BCUT2D eigenvalue weighted by Crippen LogP contribution is 2.64. The third-order valence-corrected chi connectivity index (χ3v) is 7.68. The van der Waals surface area contributed by atoms with Crippen LogP contribution in [-0.4, -0.2) is 49.8 Å². The van der Waals surface area contributed by atoms with Crippen molar-refractivity contribution in [2.75, 3.05) is 0 Å². The van der Waals surface area contributed by atoms with Crippen molar-refractivity contribution in [3.63, 3.8) is 0 Å². The fourth-order valence-electron chi connectivity index (χ4n) is 5.93. The molecule has 0 spiro atoms. The van der Waals surface area contributed by atoms with E-state index in [0.29, 0.717) is 0 Å². The van der Waals surface area contributed by atoms with E-state index in [1.165, 1.54) is 52.0 Å². The van der Waals surface area contributed by atoms with Crippen molar-refractivity contribution >= 4 is 23.3 Å². The summed E-state index contributed by atoms with van der Waals surface area (Å²) in [5.74, 6) is -8.17. The number of rotatable bonds is 6. The van der Waals surface area contributed by atoms with E-state index in [-0.39, 0.29) is 11.1 Å². The van der Waals surface area contributed by atoms with E-state index >= 15 is 0 Å². The minimum absolute atomic E-state index is 0.0835. The quantitative estimate of drug-likeness (QED) is 0.167. The van der Waals surface area contributed by atoms with Gasteiger partial charge < -0.3 is 20.1 Å². The van der Waals surface area contributed by atoms with Gasteiger partial charge in [-0.3, -0.25) is 14.4 Å². The van der Waals surface area contributed by atoms with Crippen molar-refractivity contribution in [2.24, 2.45) is 23.2 Å². The second-order valence-corrected chi connectivity index (χ2v) is 9.93. The molecule has 3 N–H and O–H groups in total. The topological polar surface area (TPSA) is 138 Å². The van der Waals surface area contributed by atoms with Crippen LogP contribution in [0.15, 0.2) is 71.3 Å². The SMILES string of the molecule is C/C=C/C=C/C(=O)[C@@H]1[C@@H]([C@]2(C)OC(=O)C(C)=C2O)[C@H]2/C(=C(O)/C=C/C=C/C)C(=O)[C@]1(C)C(=O)C2(C)O. The van der Waals surface area contributed by atoms with Crippen molar-refractivity contribution in [3.8, 4) is 0 Å². The molecule has 4 rings (SSSR count). The number of aliphatic hydroxyl groups excluding tert-OH is 2. The normalized spacial score (nSPS) is 38.4. The average Bonchev–Trinajstić information content (AvgIpc) is 3.01. The number of allylic oxidation sites excluding steroid dienone is 8. The Morgan fingerprint density at radius 2 is 1.53 bits per heavy atom. The Labute approximate surface area is 210 Å². The van der Waals surface area contributed by atoms with Crippen LogP contribution in [0.5, 0.6) is 0 Å². The fourth-order valence-corrected chi connectivity index (χ4v) is 5.93. The molecule has 8 nitrogen and oxygen atoms in total. The smallest absolute Gasteiger partial charge is 0.338 e.